The number of amides is 2. The molecule has 3 aromatic carbocycles. The zero-order valence-corrected chi connectivity index (χ0v) is 35.3. The van der Waals surface area contributed by atoms with E-state index in [0.717, 1.165) is 33.6 Å². The van der Waals surface area contributed by atoms with Crippen LogP contribution in [-0.4, -0.2) is 67.8 Å². The number of anilines is 1. The van der Waals surface area contributed by atoms with Crippen molar-refractivity contribution in [1.29, 1.82) is 0 Å². The van der Waals surface area contributed by atoms with Crippen LogP contribution in [0.25, 0.3) is 6.08 Å². The number of aromatic nitrogens is 2. The molecule has 1 fully saturated rings. The van der Waals surface area contributed by atoms with Crippen molar-refractivity contribution in [1.82, 2.24) is 20.2 Å². The number of nitrogens with zero attached hydrogens (tertiary/aromatic N) is 4. The standard InChI is InChI=1S/C46H44N6O7S2/c1-29(2)21-24-37(53)57-30(3)58-44(56)40-32(23-22-31-14-13-25-48-26-31)27-60-43-39(42(55)52(40)43)50-41(54)38(36-28-61-45(47)49-36)51-59-46(33-15-7-4-8-16-33,34-17-9-5-10-18-34)35-19-11-6-12-20-35/h4-20,22-23,25-26,28-30,39,43H,21,24,27H2,1-3H3,(H2,47,49)(H,50,54)/b23-22-,51-38?/t30?,39-,43-/m1/s1. The number of ether oxygens (including phenoxy) is 2. The van der Waals surface area contributed by atoms with E-state index < -0.39 is 47.1 Å². The fraction of sp³-hybridized carbons (Fsp3) is 0.239. The Labute approximate surface area is 361 Å². The fourth-order valence-electron chi connectivity index (χ4n) is 6.91. The number of nitrogen functional groups attached to an aromatic ring is 1. The van der Waals surface area contributed by atoms with Crippen molar-refractivity contribution in [3.05, 3.63) is 166 Å². The van der Waals surface area contributed by atoms with Crippen molar-refractivity contribution in [3.63, 3.8) is 0 Å². The van der Waals surface area contributed by atoms with Gasteiger partial charge in [0.1, 0.15) is 22.8 Å². The molecule has 3 N–H and O–H groups in total. The molecular formula is C46H44N6O7S2. The van der Waals surface area contributed by atoms with Crippen molar-refractivity contribution < 1.29 is 33.5 Å². The molecule has 1 saturated heterocycles. The average Bonchev–Trinajstić information content (AvgIpc) is 3.71. The van der Waals surface area contributed by atoms with Crippen LogP contribution in [0, 0.1) is 5.92 Å². The molecular weight excluding hydrogens is 813 g/mol. The maximum absolute atomic E-state index is 14.4. The number of thiazole rings is 1. The first-order chi connectivity index (χ1) is 29.5. The van der Waals surface area contributed by atoms with Gasteiger partial charge in [-0.1, -0.05) is 128 Å². The summed E-state index contributed by atoms with van der Waals surface area (Å²) in [7, 11) is 0. The summed E-state index contributed by atoms with van der Waals surface area (Å²) in [6.45, 7) is 5.43. The number of oxime groups is 1. The van der Waals surface area contributed by atoms with Crippen LogP contribution < -0.4 is 11.1 Å². The van der Waals surface area contributed by atoms with Crippen LogP contribution >= 0.6 is 23.1 Å². The number of esters is 2. The van der Waals surface area contributed by atoms with Gasteiger partial charge in [-0.05, 0) is 29.5 Å². The van der Waals surface area contributed by atoms with Gasteiger partial charge in [-0.15, -0.1) is 23.1 Å². The van der Waals surface area contributed by atoms with Gasteiger partial charge in [-0.25, -0.2) is 9.78 Å². The molecule has 3 atom stereocenters. The van der Waals surface area contributed by atoms with Crippen molar-refractivity contribution in [2.24, 2.45) is 11.1 Å². The predicted octanol–water partition coefficient (Wildman–Crippen LogP) is 7.07. The minimum Gasteiger partial charge on any atom is -0.425 e. The highest BCUT2D eigenvalue weighted by molar-refractivity contribution is 8.00. The first kappa shape index (κ1) is 42.5. The zero-order valence-electron chi connectivity index (χ0n) is 33.7. The highest BCUT2D eigenvalue weighted by Crippen LogP contribution is 2.43. The van der Waals surface area contributed by atoms with E-state index in [1.807, 2.05) is 111 Å². The summed E-state index contributed by atoms with van der Waals surface area (Å²) >= 11 is 2.48. The van der Waals surface area contributed by atoms with Gasteiger partial charge in [0.05, 0.1) is 0 Å². The minimum absolute atomic E-state index is 0.0210. The monoisotopic (exact) mass is 856 g/mol. The Kier molecular flexibility index (Phi) is 13.4. The number of nitrogens with one attached hydrogen (secondary N) is 1. The van der Waals surface area contributed by atoms with E-state index in [9.17, 15) is 19.2 Å². The zero-order chi connectivity index (χ0) is 42.9. The van der Waals surface area contributed by atoms with Gasteiger partial charge in [0.2, 0.25) is 11.9 Å². The normalized spacial score (nSPS) is 17.1. The summed E-state index contributed by atoms with van der Waals surface area (Å²) in [5.41, 5.74) is 8.16. The first-order valence-electron chi connectivity index (χ1n) is 19.7. The van der Waals surface area contributed by atoms with E-state index in [-0.39, 0.29) is 40.3 Å². The quantitative estimate of drug-likeness (QED) is 0.0259. The summed E-state index contributed by atoms with van der Waals surface area (Å²) in [5.74, 6) is -2.10. The average molecular weight is 857 g/mol. The molecule has 2 aromatic heterocycles. The highest BCUT2D eigenvalue weighted by atomic mass is 32.2. The molecule has 4 heterocycles. The molecule has 2 amide bonds. The third-order valence-electron chi connectivity index (χ3n) is 9.93. The molecule has 0 saturated carbocycles. The summed E-state index contributed by atoms with van der Waals surface area (Å²) in [6, 6.07) is 31.2. The van der Waals surface area contributed by atoms with Crippen LogP contribution in [0.1, 0.15) is 61.6 Å². The summed E-state index contributed by atoms with van der Waals surface area (Å²) < 4.78 is 11.0. The van der Waals surface area contributed by atoms with Gasteiger partial charge >= 0.3 is 11.9 Å². The second-order valence-electron chi connectivity index (χ2n) is 14.6. The smallest absolute Gasteiger partial charge is 0.358 e. The fourth-order valence-corrected chi connectivity index (χ4v) is 8.78. The lowest BCUT2D eigenvalue weighted by molar-refractivity contribution is -0.184. The molecule has 2 aliphatic heterocycles. The number of allylic oxidation sites excluding steroid dienone is 1. The number of β-lactam (4-membered cyclic amide) rings is 1. The van der Waals surface area contributed by atoms with Gasteiger partial charge < -0.3 is 25.4 Å². The second kappa shape index (κ2) is 19.2. The molecule has 0 aliphatic carbocycles. The largest absolute Gasteiger partial charge is 0.425 e. The van der Waals surface area contributed by atoms with Crippen molar-refractivity contribution in [2.45, 2.75) is 56.9 Å². The van der Waals surface area contributed by atoms with Gasteiger partial charge in [0.15, 0.2) is 10.8 Å². The number of benzene rings is 3. The number of hydrogen-bond acceptors (Lipinski definition) is 13. The number of hydrogen-bond donors (Lipinski definition) is 2. The number of thioether (sulfide) groups is 1. The molecule has 1 unspecified atom stereocenters. The van der Waals surface area contributed by atoms with Gasteiger partial charge in [-0.3, -0.25) is 24.3 Å². The number of nitrogens with two attached hydrogens (primary N) is 1. The van der Waals surface area contributed by atoms with Crippen molar-refractivity contribution in [3.8, 4) is 0 Å². The second-order valence-corrected chi connectivity index (χ2v) is 16.6. The number of fused-ring (bicyclic) bond motifs is 1. The lowest BCUT2D eigenvalue weighted by Crippen LogP contribution is -2.71. The van der Waals surface area contributed by atoms with Crippen LogP contribution in [0.4, 0.5) is 5.13 Å². The molecule has 0 bridgehead atoms. The molecule has 2 aliphatic rings. The summed E-state index contributed by atoms with van der Waals surface area (Å²) in [5, 5.41) is 8.49. The summed E-state index contributed by atoms with van der Waals surface area (Å²) in [6.07, 6.45) is 6.37. The molecule has 13 nitrogen and oxygen atoms in total. The third-order valence-corrected chi connectivity index (χ3v) is 11.9. The van der Waals surface area contributed by atoms with E-state index in [4.69, 9.17) is 20.0 Å². The number of rotatable bonds is 16. The van der Waals surface area contributed by atoms with Crippen molar-refractivity contribution >= 4 is 63.8 Å². The van der Waals surface area contributed by atoms with Crippen LogP contribution in [0.2, 0.25) is 0 Å². The molecule has 0 radical (unpaired) electrons. The van der Waals surface area contributed by atoms with E-state index in [1.165, 1.54) is 23.6 Å². The minimum atomic E-state index is -1.32. The number of carbonyl (C=O) groups is 4. The maximum atomic E-state index is 14.4. The Balaban J connectivity index is 1.19. The third kappa shape index (κ3) is 9.58. The number of pyridine rings is 1. The molecule has 7 rings (SSSR count). The Morgan fingerprint density at radius 3 is 2.11 bits per heavy atom. The Hall–Kier alpha value is -6.58. The lowest BCUT2D eigenvalue weighted by Gasteiger charge is -2.49. The molecule has 5 aromatic rings. The molecule has 312 valence electrons. The van der Waals surface area contributed by atoms with E-state index in [2.05, 4.69) is 20.4 Å². The lowest BCUT2D eigenvalue weighted by atomic mass is 9.80. The topological polar surface area (TPSA) is 175 Å². The van der Waals surface area contributed by atoms with Gasteiger partial charge in [0, 0.05) is 53.6 Å². The predicted molar refractivity (Wildman–Crippen MR) is 234 cm³/mol. The van der Waals surface area contributed by atoms with Crippen LogP contribution in [0.5, 0.6) is 0 Å². The van der Waals surface area contributed by atoms with Crippen LogP contribution in [-0.2, 0) is 39.1 Å². The van der Waals surface area contributed by atoms with Crippen LogP contribution in [0.3, 0.4) is 0 Å². The van der Waals surface area contributed by atoms with E-state index in [1.54, 1.807) is 36.0 Å². The Morgan fingerprint density at radius 1 is 0.918 bits per heavy atom. The summed E-state index contributed by atoms with van der Waals surface area (Å²) in [4.78, 5) is 71.4. The van der Waals surface area contributed by atoms with Crippen LogP contribution in [0.15, 0.2) is 143 Å². The van der Waals surface area contributed by atoms with Gasteiger partial charge in [0.25, 0.3) is 11.8 Å². The molecule has 61 heavy (non-hydrogen) atoms. The van der Waals surface area contributed by atoms with E-state index in [0.29, 0.717) is 12.0 Å². The molecule has 15 heteroatoms. The van der Waals surface area contributed by atoms with Crippen molar-refractivity contribution in [2.75, 3.05) is 11.5 Å². The Bertz CT molecular complexity index is 2350. The highest BCUT2D eigenvalue weighted by Gasteiger charge is 2.55. The van der Waals surface area contributed by atoms with E-state index >= 15 is 0 Å². The number of carbonyl (C=O) groups excluding carboxylic acids is 4. The first-order valence-corrected chi connectivity index (χ1v) is 21.6. The SMILES string of the molecule is CC(C)CCC(=O)OC(C)OC(=O)C1=C(/C=C\c2cccnc2)CS[C@@H]2[C@H](NC(=O)C(=NOC(c3ccccc3)(c3ccccc3)c3ccccc3)c3csc(N)n3)C(=O)N12. The van der Waals surface area contributed by atoms with Gasteiger partial charge in [-0.2, -0.15) is 0 Å². The Morgan fingerprint density at radius 2 is 1.56 bits per heavy atom. The maximum Gasteiger partial charge on any atom is 0.358 e. The molecule has 0 spiro atoms.